The van der Waals surface area contributed by atoms with E-state index in [2.05, 4.69) is 39.1 Å². The molecule has 8 nitrogen and oxygen atoms in total. The van der Waals surface area contributed by atoms with Crippen LogP contribution in [0, 0.1) is 0 Å². The van der Waals surface area contributed by atoms with Crippen LogP contribution in [0.5, 0.6) is 0 Å². The number of ether oxygens (including phenoxy) is 6. The molecular formula is C22H46O8S2Sn. The second-order valence-corrected chi connectivity index (χ2v) is 11.3. The van der Waals surface area contributed by atoms with Gasteiger partial charge in [0.2, 0.25) is 0 Å². The topological polar surface area (TPSA) is 89.5 Å². The zero-order valence-electron chi connectivity index (χ0n) is 21.0. The van der Waals surface area contributed by atoms with Gasteiger partial charge in [-0.3, -0.25) is 9.59 Å². The third-order valence-electron chi connectivity index (χ3n) is 3.52. The first-order valence-electron chi connectivity index (χ1n) is 11.4. The minimum atomic E-state index is -0.325. The smallest absolute Gasteiger partial charge is 0.315 e. The van der Waals surface area contributed by atoms with Crippen LogP contribution in [0.25, 0.3) is 0 Å². The number of hydrogen-bond acceptors (Lipinski definition) is 10. The van der Waals surface area contributed by atoms with E-state index in [-0.39, 0.29) is 57.8 Å². The van der Waals surface area contributed by atoms with Gasteiger partial charge in [-0.2, -0.15) is 25.3 Å². The molecule has 198 valence electrons. The normalized spacial score (nSPS) is 9.88. The van der Waals surface area contributed by atoms with Crippen molar-refractivity contribution < 1.29 is 38.0 Å². The molecule has 0 aliphatic heterocycles. The Morgan fingerprint density at radius 3 is 1.30 bits per heavy atom. The average Bonchev–Trinajstić information content (AvgIpc) is 2.84. The van der Waals surface area contributed by atoms with Gasteiger partial charge in [-0.15, -0.1) is 0 Å². The van der Waals surface area contributed by atoms with Crippen molar-refractivity contribution in [2.45, 2.75) is 48.4 Å². The summed E-state index contributed by atoms with van der Waals surface area (Å²) in [5.74, 6) is -0.432. The van der Waals surface area contributed by atoms with Gasteiger partial charge in [0, 0.05) is 14.2 Å². The molecule has 0 rings (SSSR count). The van der Waals surface area contributed by atoms with E-state index in [4.69, 9.17) is 28.4 Å². The second-order valence-electron chi connectivity index (χ2n) is 6.42. The van der Waals surface area contributed by atoms with Gasteiger partial charge in [0.05, 0.1) is 51.1 Å². The molecule has 33 heavy (non-hydrogen) atoms. The van der Waals surface area contributed by atoms with Crippen molar-refractivity contribution in [3.63, 3.8) is 0 Å². The zero-order valence-corrected chi connectivity index (χ0v) is 25.6. The summed E-state index contributed by atoms with van der Waals surface area (Å²) >= 11 is 7.63. The number of carbonyl (C=O) groups is 2. The van der Waals surface area contributed by atoms with Gasteiger partial charge in [-0.25, -0.2) is 0 Å². The van der Waals surface area contributed by atoms with Crippen LogP contribution in [0.4, 0.5) is 0 Å². The molecule has 0 amide bonds. The molecular weight excluding hydrogens is 575 g/mol. The van der Waals surface area contributed by atoms with E-state index in [1.807, 2.05) is 0 Å². The van der Waals surface area contributed by atoms with E-state index in [9.17, 15) is 9.59 Å². The average molecular weight is 621 g/mol. The molecule has 0 heterocycles. The Kier molecular flexibility index (Phi) is 42.2. The first-order valence-corrected chi connectivity index (χ1v) is 16.7. The van der Waals surface area contributed by atoms with E-state index in [0.717, 1.165) is 0 Å². The van der Waals surface area contributed by atoms with Gasteiger partial charge < -0.3 is 28.4 Å². The molecule has 0 saturated heterocycles. The molecule has 0 aliphatic carbocycles. The van der Waals surface area contributed by atoms with Crippen molar-refractivity contribution in [1.82, 2.24) is 0 Å². The minimum Gasteiger partial charge on any atom is -0.463 e. The first kappa shape index (κ1) is 37.8. The summed E-state index contributed by atoms with van der Waals surface area (Å²) < 4.78 is 32.2. The van der Waals surface area contributed by atoms with Crippen LogP contribution in [0.3, 0.4) is 0 Å². The Balaban J connectivity index is -0.000000414. The summed E-state index contributed by atoms with van der Waals surface area (Å²) in [6, 6.07) is 0. The Morgan fingerprint density at radius 2 is 1.00 bits per heavy atom. The van der Waals surface area contributed by atoms with Gasteiger partial charge in [0.15, 0.2) is 0 Å². The molecule has 0 N–H and O–H groups in total. The molecule has 0 aliphatic rings. The van der Waals surface area contributed by atoms with Crippen molar-refractivity contribution in [2.75, 3.05) is 78.6 Å². The van der Waals surface area contributed by atoms with Gasteiger partial charge in [0.1, 0.15) is 13.2 Å². The standard InChI is InChI=1S/2C7H14O4S.2C4H9.Sn/c2*1-9-2-3-10-4-5-11-7(8)6-12;2*1-3-4-2;/h2*12H,2-6H2,1H3;2*1,3-4H2,2H3;. The van der Waals surface area contributed by atoms with Crippen molar-refractivity contribution in [3.8, 4) is 0 Å². The Hall–Kier alpha value is 0.279. The third-order valence-corrected chi connectivity index (χ3v) is 8.07. The van der Waals surface area contributed by atoms with E-state index < -0.39 is 0 Å². The summed E-state index contributed by atoms with van der Waals surface area (Å²) in [5.41, 5.74) is 0. The van der Waals surface area contributed by atoms with Crippen LogP contribution in [0.1, 0.15) is 39.5 Å². The molecule has 0 unspecified atom stereocenters. The Bertz CT molecular complexity index is 359. The van der Waals surface area contributed by atoms with Crippen molar-refractivity contribution in [2.24, 2.45) is 0 Å². The number of rotatable bonds is 20. The number of unbranched alkanes of at least 4 members (excludes halogenated alkanes) is 2. The van der Waals surface area contributed by atoms with Crippen LogP contribution in [-0.2, 0) is 38.0 Å². The van der Waals surface area contributed by atoms with Crippen molar-refractivity contribution >= 4 is 58.3 Å². The molecule has 0 aromatic carbocycles. The van der Waals surface area contributed by atoms with Gasteiger partial charge in [-0.1, -0.05) is 0 Å². The maximum absolute atomic E-state index is 10.5. The van der Waals surface area contributed by atoms with E-state index >= 15 is 0 Å². The molecule has 0 atom stereocenters. The monoisotopic (exact) mass is 622 g/mol. The molecule has 0 aromatic rings. The van der Waals surface area contributed by atoms with Crippen molar-refractivity contribution in [1.29, 1.82) is 0 Å². The molecule has 0 fully saturated rings. The molecule has 2 radical (unpaired) electrons. The summed E-state index contributed by atoms with van der Waals surface area (Å²) in [6.07, 6.45) is 5.84. The fraction of sp³-hybridized carbons (Fsp3) is 0.909. The van der Waals surface area contributed by atoms with Crippen molar-refractivity contribution in [3.05, 3.63) is 0 Å². The summed E-state index contributed by atoms with van der Waals surface area (Å²) in [6.45, 7) is 8.11. The largest absolute Gasteiger partial charge is 0.463 e. The minimum absolute atomic E-state index is 0.109. The Morgan fingerprint density at radius 1 is 0.636 bits per heavy atom. The predicted octanol–water partition coefficient (Wildman–Crippen LogP) is 3.37. The number of thiol groups is 2. The molecule has 0 spiro atoms. The number of esters is 2. The fourth-order valence-electron chi connectivity index (χ4n) is 1.74. The molecule has 0 saturated carbocycles. The van der Waals surface area contributed by atoms with Crippen LogP contribution in [0.15, 0.2) is 0 Å². The van der Waals surface area contributed by atoms with Crippen LogP contribution >= 0.6 is 25.3 Å². The third kappa shape index (κ3) is 42.9. The summed E-state index contributed by atoms with van der Waals surface area (Å²) in [5, 5.41) is 0. The van der Waals surface area contributed by atoms with Crippen LogP contribution < -0.4 is 0 Å². The predicted molar refractivity (Wildman–Crippen MR) is 140 cm³/mol. The number of hydrogen-bond donors (Lipinski definition) is 2. The summed E-state index contributed by atoms with van der Waals surface area (Å²) in [4.78, 5) is 21.0. The molecule has 0 aromatic heterocycles. The SMILES string of the molecule is CCC[CH2][Sn][CH2]CCC.COCCOCCOC(=O)CS.COCCOCCOC(=O)CS. The van der Waals surface area contributed by atoms with Gasteiger partial charge in [-0.05, 0) is 0 Å². The van der Waals surface area contributed by atoms with E-state index in [0.29, 0.717) is 39.6 Å². The zero-order chi connectivity index (χ0) is 25.4. The maximum atomic E-state index is 10.5. The van der Waals surface area contributed by atoms with Crippen LogP contribution in [0.2, 0.25) is 8.87 Å². The molecule has 0 bridgehead atoms. The van der Waals surface area contributed by atoms with E-state index in [1.54, 1.807) is 23.1 Å². The molecule has 11 heteroatoms. The van der Waals surface area contributed by atoms with Gasteiger partial charge >= 0.3 is 81.5 Å². The number of methoxy groups -OCH3 is 2. The van der Waals surface area contributed by atoms with E-state index in [1.165, 1.54) is 25.7 Å². The number of carbonyl (C=O) groups excluding carboxylic acids is 2. The fourth-order valence-corrected chi connectivity index (χ4v) is 6.08. The van der Waals surface area contributed by atoms with Gasteiger partial charge in [0.25, 0.3) is 0 Å². The quantitative estimate of drug-likeness (QED) is 0.0927. The Labute approximate surface area is 222 Å². The van der Waals surface area contributed by atoms with Crippen LogP contribution in [-0.4, -0.2) is 112 Å². The first-order chi connectivity index (χ1) is 16.0. The summed E-state index contributed by atoms with van der Waals surface area (Å²) in [7, 11) is 3.20. The maximum Gasteiger partial charge on any atom is 0.315 e. The second kappa shape index (κ2) is 36.8.